The van der Waals surface area contributed by atoms with Crippen molar-refractivity contribution in [3.63, 3.8) is 0 Å². The van der Waals surface area contributed by atoms with E-state index in [1.54, 1.807) is 18.2 Å². The fraction of sp³-hybridized carbons (Fsp3) is 0.125. The number of nitrogens with one attached hydrogen (secondary N) is 1. The van der Waals surface area contributed by atoms with Gasteiger partial charge in [0, 0.05) is 11.8 Å². The second-order valence-electron chi connectivity index (χ2n) is 4.28. The summed E-state index contributed by atoms with van der Waals surface area (Å²) >= 11 is 0. The van der Waals surface area contributed by atoms with Crippen LogP contribution in [0.25, 0.3) is 0 Å². The van der Waals surface area contributed by atoms with Gasteiger partial charge in [-0.25, -0.2) is 0 Å². The molecule has 0 aliphatic carbocycles. The number of hydrogen-bond donors (Lipinski definition) is 1. The van der Waals surface area contributed by atoms with Crippen molar-refractivity contribution < 1.29 is 18.0 Å². The Balaban J connectivity index is 1.96. The number of rotatable bonds is 2. The molecule has 0 aliphatic heterocycles. The van der Waals surface area contributed by atoms with E-state index in [-0.39, 0.29) is 23.7 Å². The second kappa shape index (κ2) is 6.76. The van der Waals surface area contributed by atoms with Crippen LogP contribution >= 0.6 is 0 Å². The predicted octanol–water partition coefficient (Wildman–Crippen LogP) is 2.88. The van der Waals surface area contributed by atoms with Crippen molar-refractivity contribution in [3.8, 4) is 11.8 Å². The van der Waals surface area contributed by atoms with Gasteiger partial charge >= 0.3 is 6.18 Å². The average molecular weight is 304 g/mol. The van der Waals surface area contributed by atoms with Crippen LogP contribution in [0.2, 0.25) is 0 Å². The number of nitrogens with zero attached hydrogens (tertiary/aromatic N) is 1. The monoisotopic (exact) mass is 304 g/mol. The van der Waals surface area contributed by atoms with Crippen molar-refractivity contribution in [2.24, 2.45) is 0 Å². The van der Waals surface area contributed by atoms with Gasteiger partial charge in [0.1, 0.15) is 5.69 Å². The van der Waals surface area contributed by atoms with Gasteiger partial charge in [0.2, 0.25) is 0 Å². The molecular weight excluding hydrogens is 293 g/mol. The Labute approximate surface area is 125 Å². The number of halogens is 3. The minimum atomic E-state index is -4.40. The fourth-order valence-corrected chi connectivity index (χ4v) is 1.63. The third kappa shape index (κ3) is 4.35. The number of aromatic nitrogens is 1. The zero-order valence-electron chi connectivity index (χ0n) is 11.3. The normalized spacial score (nSPS) is 10.5. The molecule has 2 rings (SSSR count). The summed E-state index contributed by atoms with van der Waals surface area (Å²) in [5.74, 6) is 4.79. The van der Waals surface area contributed by atoms with Crippen LogP contribution in [0.3, 0.4) is 0 Å². The summed E-state index contributed by atoms with van der Waals surface area (Å²) in [6.45, 7) is 0.0195. The highest BCUT2D eigenvalue weighted by Gasteiger charge is 2.30. The predicted molar refractivity (Wildman–Crippen MR) is 74.9 cm³/mol. The first-order valence-electron chi connectivity index (χ1n) is 6.32. The number of carbonyl (C=O) groups is 1. The van der Waals surface area contributed by atoms with E-state index in [1.165, 1.54) is 18.3 Å². The Hall–Kier alpha value is -2.81. The summed E-state index contributed by atoms with van der Waals surface area (Å²) in [5, 5.41) is 2.52. The molecule has 1 aromatic carbocycles. The molecule has 2 aromatic rings. The molecule has 112 valence electrons. The zero-order valence-corrected chi connectivity index (χ0v) is 11.3. The minimum absolute atomic E-state index is 0.0195. The van der Waals surface area contributed by atoms with E-state index in [9.17, 15) is 18.0 Å². The summed E-state index contributed by atoms with van der Waals surface area (Å²) in [4.78, 5) is 15.5. The molecule has 0 atom stereocenters. The Morgan fingerprint density at radius 3 is 2.68 bits per heavy atom. The van der Waals surface area contributed by atoms with E-state index in [0.29, 0.717) is 0 Å². The molecule has 0 radical (unpaired) electrons. The first kappa shape index (κ1) is 15.6. The summed E-state index contributed by atoms with van der Waals surface area (Å²) in [6.07, 6.45) is -2.91. The lowest BCUT2D eigenvalue weighted by Gasteiger charge is -2.05. The van der Waals surface area contributed by atoms with Crippen molar-refractivity contribution >= 4 is 5.91 Å². The van der Waals surface area contributed by atoms with Crippen LogP contribution in [-0.4, -0.2) is 17.4 Å². The molecule has 6 heteroatoms. The first-order chi connectivity index (χ1) is 10.5. The van der Waals surface area contributed by atoms with Gasteiger partial charge in [-0.2, -0.15) is 13.2 Å². The van der Waals surface area contributed by atoms with Crippen LogP contribution in [0.4, 0.5) is 13.2 Å². The van der Waals surface area contributed by atoms with Crippen LogP contribution in [0.1, 0.15) is 21.6 Å². The van der Waals surface area contributed by atoms with Gasteiger partial charge in [0.15, 0.2) is 0 Å². The van der Waals surface area contributed by atoms with Crippen molar-refractivity contribution in [2.75, 3.05) is 6.54 Å². The molecule has 0 spiro atoms. The van der Waals surface area contributed by atoms with Crippen molar-refractivity contribution in [3.05, 3.63) is 65.5 Å². The number of benzene rings is 1. The fourth-order valence-electron chi connectivity index (χ4n) is 1.63. The van der Waals surface area contributed by atoms with Gasteiger partial charge in [-0.3, -0.25) is 9.78 Å². The number of amides is 1. The SMILES string of the molecule is O=C(NCC#Cc1cccc(C(F)(F)F)c1)c1ccccn1. The molecule has 22 heavy (non-hydrogen) atoms. The summed E-state index contributed by atoms with van der Waals surface area (Å²) < 4.78 is 37.6. The zero-order chi connectivity index (χ0) is 16.0. The third-order valence-corrected chi connectivity index (χ3v) is 2.66. The van der Waals surface area contributed by atoms with Crippen molar-refractivity contribution in [2.45, 2.75) is 6.18 Å². The number of alkyl halides is 3. The minimum Gasteiger partial charge on any atom is -0.340 e. The molecule has 0 aliphatic rings. The molecule has 0 bridgehead atoms. The molecule has 0 saturated carbocycles. The van der Waals surface area contributed by atoms with Crippen LogP contribution in [0, 0.1) is 11.8 Å². The van der Waals surface area contributed by atoms with E-state index >= 15 is 0 Å². The Bertz CT molecular complexity index is 715. The Morgan fingerprint density at radius 1 is 1.18 bits per heavy atom. The number of pyridine rings is 1. The summed E-state index contributed by atoms with van der Waals surface area (Å²) in [5.41, 5.74) is -0.262. The largest absolute Gasteiger partial charge is 0.416 e. The Kier molecular flexibility index (Phi) is 4.79. The van der Waals surface area contributed by atoms with Crippen molar-refractivity contribution in [1.29, 1.82) is 0 Å². The maximum Gasteiger partial charge on any atom is 0.416 e. The first-order valence-corrected chi connectivity index (χ1v) is 6.32. The second-order valence-corrected chi connectivity index (χ2v) is 4.28. The van der Waals surface area contributed by atoms with Crippen LogP contribution in [-0.2, 0) is 6.18 Å². The van der Waals surface area contributed by atoms with Gasteiger partial charge in [0.25, 0.3) is 5.91 Å². The van der Waals surface area contributed by atoms with E-state index < -0.39 is 11.7 Å². The molecular formula is C16H11F3N2O. The quantitative estimate of drug-likeness (QED) is 0.867. The van der Waals surface area contributed by atoms with Gasteiger partial charge in [-0.15, -0.1) is 0 Å². The molecule has 1 aromatic heterocycles. The van der Waals surface area contributed by atoms with Crippen LogP contribution in [0.15, 0.2) is 48.7 Å². The maximum absolute atomic E-state index is 12.5. The van der Waals surface area contributed by atoms with Crippen LogP contribution < -0.4 is 5.32 Å². The molecule has 1 amide bonds. The van der Waals surface area contributed by atoms with Gasteiger partial charge in [-0.05, 0) is 30.3 Å². The Morgan fingerprint density at radius 2 is 2.00 bits per heavy atom. The third-order valence-electron chi connectivity index (χ3n) is 2.66. The number of carbonyl (C=O) groups excluding carboxylic acids is 1. The standard InChI is InChI=1S/C16H11F3N2O/c17-16(18,19)13-7-3-5-12(11-13)6-4-10-21-15(22)14-8-1-2-9-20-14/h1-3,5,7-9,11H,10H2,(H,21,22). The smallest absolute Gasteiger partial charge is 0.340 e. The molecule has 0 unspecified atom stereocenters. The highest BCUT2D eigenvalue weighted by molar-refractivity contribution is 5.92. The topological polar surface area (TPSA) is 42.0 Å². The molecule has 0 saturated heterocycles. The molecule has 1 heterocycles. The van der Waals surface area contributed by atoms with Gasteiger partial charge in [0.05, 0.1) is 12.1 Å². The maximum atomic E-state index is 12.5. The molecule has 0 fully saturated rings. The highest BCUT2D eigenvalue weighted by Crippen LogP contribution is 2.29. The summed E-state index contributed by atoms with van der Waals surface area (Å²) in [6, 6.07) is 9.62. The van der Waals surface area contributed by atoms with E-state index in [1.807, 2.05) is 0 Å². The van der Waals surface area contributed by atoms with Gasteiger partial charge in [-0.1, -0.05) is 24.0 Å². The van der Waals surface area contributed by atoms with E-state index in [4.69, 9.17) is 0 Å². The lowest BCUT2D eigenvalue weighted by atomic mass is 10.1. The van der Waals surface area contributed by atoms with E-state index in [0.717, 1.165) is 12.1 Å². The summed E-state index contributed by atoms with van der Waals surface area (Å²) in [7, 11) is 0. The van der Waals surface area contributed by atoms with E-state index in [2.05, 4.69) is 22.1 Å². The lowest BCUT2D eigenvalue weighted by molar-refractivity contribution is -0.137. The molecule has 1 N–H and O–H groups in total. The van der Waals surface area contributed by atoms with Crippen LogP contribution in [0.5, 0.6) is 0 Å². The van der Waals surface area contributed by atoms with Crippen molar-refractivity contribution in [1.82, 2.24) is 10.3 Å². The highest BCUT2D eigenvalue weighted by atomic mass is 19.4. The average Bonchev–Trinajstić information content (AvgIpc) is 2.52. The number of hydrogen-bond acceptors (Lipinski definition) is 2. The lowest BCUT2D eigenvalue weighted by Crippen LogP contribution is -2.24. The van der Waals surface area contributed by atoms with Gasteiger partial charge < -0.3 is 5.32 Å². The molecule has 3 nitrogen and oxygen atoms in total.